The van der Waals surface area contributed by atoms with Gasteiger partial charge in [0.1, 0.15) is 5.78 Å². The number of carbonyl (C=O) groups excluding carboxylic acids is 2. The summed E-state index contributed by atoms with van der Waals surface area (Å²) in [6.07, 6.45) is 5.11. The molecule has 5 atom stereocenters. The van der Waals surface area contributed by atoms with E-state index in [0.717, 1.165) is 26.4 Å². The number of aryl methyl sites for hydroxylation is 1. The Labute approximate surface area is 212 Å². The van der Waals surface area contributed by atoms with Crippen LogP contribution in [0.2, 0.25) is 0 Å². The van der Waals surface area contributed by atoms with Gasteiger partial charge in [0, 0.05) is 5.92 Å². The van der Waals surface area contributed by atoms with Crippen LogP contribution < -0.4 is 5.32 Å². The molecule has 1 aliphatic heterocycles. The zero-order chi connectivity index (χ0) is 25.9. The van der Waals surface area contributed by atoms with Crippen LogP contribution in [0.25, 0.3) is 10.2 Å². The van der Waals surface area contributed by atoms with Gasteiger partial charge in [-0.1, -0.05) is 57.6 Å². The second kappa shape index (κ2) is 11.1. The zero-order valence-corrected chi connectivity index (χ0v) is 22.4. The number of rotatable bonds is 1. The molecule has 1 amide bonds. The highest BCUT2D eigenvalue weighted by molar-refractivity contribution is 7.18. The summed E-state index contributed by atoms with van der Waals surface area (Å²) in [7, 11) is 0. The molecule has 0 spiro atoms. The minimum atomic E-state index is -1.17. The molecule has 6 nitrogen and oxygen atoms in total. The summed E-state index contributed by atoms with van der Waals surface area (Å²) < 4.78 is 1.10. The number of ketones is 1. The fourth-order valence-corrected chi connectivity index (χ4v) is 5.42. The number of aliphatic hydroxyl groups is 2. The van der Waals surface area contributed by atoms with Gasteiger partial charge in [0.25, 0.3) is 0 Å². The lowest BCUT2D eigenvalue weighted by Gasteiger charge is -2.34. The van der Waals surface area contributed by atoms with Gasteiger partial charge >= 0.3 is 0 Å². The molecule has 1 unspecified atom stereocenters. The molecule has 2 heterocycles. The van der Waals surface area contributed by atoms with Gasteiger partial charge < -0.3 is 15.5 Å². The molecule has 3 rings (SSSR count). The van der Waals surface area contributed by atoms with E-state index in [-0.39, 0.29) is 30.1 Å². The Balaban J connectivity index is 1.95. The minimum absolute atomic E-state index is 0.122. The van der Waals surface area contributed by atoms with Crippen molar-refractivity contribution in [2.45, 2.75) is 79.1 Å². The molecule has 3 N–H and O–H groups in total. The van der Waals surface area contributed by atoms with E-state index in [1.165, 1.54) is 0 Å². The van der Waals surface area contributed by atoms with Crippen LogP contribution in [0.4, 0.5) is 0 Å². The number of hydrogen-bond donors (Lipinski definition) is 3. The number of hydrogen-bond acceptors (Lipinski definition) is 6. The van der Waals surface area contributed by atoms with Crippen molar-refractivity contribution < 1.29 is 19.8 Å². The summed E-state index contributed by atoms with van der Waals surface area (Å²) in [6.45, 7) is 10.9. The van der Waals surface area contributed by atoms with Gasteiger partial charge in [-0.15, -0.1) is 11.3 Å². The van der Waals surface area contributed by atoms with Crippen LogP contribution in [-0.2, 0) is 9.59 Å². The van der Waals surface area contributed by atoms with Gasteiger partial charge in [-0.25, -0.2) is 4.98 Å². The Bertz CT molecular complexity index is 1130. The average Bonchev–Trinajstić information content (AvgIpc) is 3.18. The summed E-state index contributed by atoms with van der Waals surface area (Å²) in [5, 5.41) is 25.7. The van der Waals surface area contributed by atoms with Crippen LogP contribution >= 0.6 is 11.3 Å². The van der Waals surface area contributed by atoms with E-state index in [0.29, 0.717) is 12.8 Å². The predicted octanol–water partition coefficient (Wildman–Crippen LogP) is 5.04. The molecule has 35 heavy (non-hydrogen) atoms. The number of thiazole rings is 1. The van der Waals surface area contributed by atoms with Crippen LogP contribution in [0.15, 0.2) is 42.0 Å². The lowest BCUT2D eigenvalue weighted by molar-refractivity contribution is -0.143. The van der Waals surface area contributed by atoms with E-state index >= 15 is 0 Å². The van der Waals surface area contributed by atoms with Crippen molar-refractivity contribution in [1.29, 1.82) is 0 Å². The number of Topliss-reactive ketones (excluding diaryl/α,β-unsaturated/α-hetero) is 1. The van der Waals surface area contributed by atoms with E-state index in [4.69, 9.17) is 0 Å². The molecule has 190 valence electrons. The second-order valence-electron chi connectivity index (χ2n) is 10.5. The molecule has 0 saturated carbocycles. The molecule has 0 radical (unpaired) electrons. The van der Waals surface area contributed by atoms with Gasteiger partial charge in [0.05, 0.1) is 45.3 Å². The lowest BCUT2D eigenvalue weighted by atomic mass is 9.73. The largest absolute Gasteiger partial charge is 0.392 e. The third-order valence-electron chi connectivity index (χ3n) is 7.18. The minimum Gasteiger partial charge on any atom is -0.392 e. The van der Waals surface area contributed by atoms with E-state index < -0.39 is 23.5 Å². The Morgan fingerprint density at radius 3 is 2.54 bits per heavy atom. The fraction of sp³-hybridized carbons (Fsp3) is 0.536. The highest BCUT2D eigenvalue weighted by atomic mass is 32.1. The van der Waals surface area contributed by atoms with Gasteiger partial charge in [-0.05, 0) is 50.3 Å². The number of fused-ring (bicyclic) bond motifs is 1. The number of benzene rings is 1. The van der Waals surface area contributed by atoms with Crippen LogP contribution in [0.5, 0.6) is 0 Å². The standard InChI is InChI=1S/C28H38N2O4S/c1-16-8-7-9-17(2)26(33)18(3)27(34)28(5,6)24(31)15-25(32)30-21(12-10-16)20-11-13-23-22(14-20)29-19(4)35-23/h7-8,10-11,13-14,17-18,21,24,26,31,33H,9,12,15H2,1-6H3,(H,30,32)/b8-7+,16-10-/t17-,18+,21-,24-,26?/m0/s1. The van der Waals surface area contributed by atoms with Crippen molar-refractivity contribution in [3.05, 3.63) is 52.6 Å². The summed E-state index contributed by atoms with van der Waals surface area (Å²) >= 11 is 1.63. The summed E-state index contributed by atoms with van der Waals surface area (Å²) in [5.74, 6) is -1.35. The molecule has 2 aromatic rings. The fourth-order valence-electron chi connectivity index (χ4n) is 4.62. The molecule has 7 heteroatoms. The predicted molar refractivity (Wildman–Crippen MR) is 141 cm³/mol. The summed E-state index contributed by atoms with van der Waals surface area (Å²) in [6, 6.07) is 5.75. The molecule has 1 aromatic carbocycles. The van der Waals surface area contributed by atoms with Gasteiger partial charge in [0.15, 0.2) is 0 Å². The van der Waals surface area contributed by atoms with Gasteiger partial charge in [-0.3, -0.25) is 9.59 Å². The van der Waals surface area contributed by atoms with E-state index in [2.05, 4.69) is 16.4 Å². The topological polar surface area (TPSA) is 99.5 Å². The maximum absolute atomic E-state index is 13.2. The Kier molecular flexibility index (Phi) is 8.67. The first-order chi connectivity index (χ1) is 16.4. The van der Waals surface area contributed by atoms with Crippen LogP contribution in [0.3, 0.4) is 0 Å². The van der Waals surface area contributed by atoms with E-state index in [9.17, 15) is 19.8 Å². The quantitative estimate of drug-likeness (QED) is 0.512. The molecular formula is C28H38N2O4S. The molecule has 1 aliphatic rings. The van der Waals surface area contributed by atoms with Crippen molar-refractivity contribution in [2.75, 3.05) is 0 Å². The monoisotopic (exact) mass is 498 g/mol. The highest BCUT2D eigenvalue weighted by Crippen LogP contribution is 2.32. The van der Waals surface area contributed by atoms with Crippen molar-refractivity contribution in [1.82, 2.24) is 10.3 Å². The Morgan fingerprint density at radius 1 is 1.11 bits per heavy atom. The van der Waals surface area contributed by atoms with Crippen LogP contribution in [-0.4, -0.2) is 39.1 Å². The SMILES string of the molecule is CC1=C/C[C@@H](c2ccc3sc(C)nc3c2)NC(=O)C[C@H](O)C(C)(C)C(=O)[C@H](C)C(O)[C@@H](C)C\C=C\1. The van der Waals surface area contributed by atoms with Crippen molar-refractivity contribution in [3.63, 3.8) is 0 Å². The first kappa shape index (κ1) is 27.2. The Hall–Kier alpha value is -2.35. The van der Waals surface area contributed by atoms with Gasteiger partial charge in [0.2, 0.25) is 5.91 Å². The Morgan fingerprint density at radius 2 is 1.83 bits per heavy atom. The number of allylic oxidation sites excluding steroid dienone is 3. The van der Waals surface area contributed by atoms with E-state index in [1.54, 1.807) is 32.1 Å². The smallest absolute Gasteiger partial charge is 0.223 e. The molecular weight excluding hydrogens is 460 g/mol. The zero-order valence-electron chi connectivity index (χ0n) is 21.5. The number of aromatic nitrogens is 1. The average molecular weight is 499 g/mol. The van der Waals surface area contributed by atoms with Crippen molar-refractivity contribution in [2.24, 2.45) is 17.3 Å². The number of nitrogens with one attached hydrogen (secondary N) is 1. The maximum Gasteiger partial charge on any atom is 0.223 e. The van der Waals surface area contributed by atoms with Crippen LogP contribution in [0, 0.1) is 24.2 Å². The summed E-state index contributed by atoms with van der Waals surface area (Å²) in [4.78, 5) is 30.8. The number of aliphatic hydroxyl groups excluding tert-OH is 2. The summed E-state index contributed by atoms with van der Waals surface area (Å²) in [5.41, 5.74) is 1.72. The first-order valence-electron chi connectivity index (χ1n) is 12.3. The molecule has 0 aliphatic carbocycles. The second-order valence-corrected chi connectivity index (χ2v) is 11.7. The molecule has 0 saturated heterocycles. The third kappa shape index (κ3) is 6.46. The first-order valence-corrected chi connectivity index (χ1v) is 13.1. The third-order valence-corrected chi connectivity index (χ3v) is 8.13. The van der Waals surface area contributed by atoms with Crippen molar-refractivity contribution in [3.8, 4) is 0 Å². The van der Waals surface area contributed by atoms with Crippen LogP contribution in [0.1, 0.15) is 70.5 Å². The maximum atomic E-state index is 13.2. The highest BCUT2D eigenvalue weighted by Gasteiger charge is 2.42. The lowest BCUT2D eigenvalue weighted by Crippen LogP contribution is -2.46. The molecule has 0 fully saturated rings. The van der Waals surface area contributed by atoms with Gasteiger partial charge in [-0.2, -0.15) is 0 Å². The number of amides is 1. The normalized spacial score (nSPS) is 31.5. The molecule has 1 aromatic heterocycles. The van der Waals surface area contributed by atoms with E-state index in [1.807, 2.05) is 51.1 Å². The number of carbonyl (C=O) groups is 2. The van der Waals surface area contributed by atoms with Crippen molar-refractivity contribution >= 4 is 33.2 Å². The molecule has 0 bridgehead atoms. The number of nitrogens with zero attached hydrogens (tertiary/aromatic N) is 1.